The minimum Gasteiger partial charge on any atom is -0.441 e. The lowest BCUT2D eigenvalue weighted by Gasteiger charge is -2.20. The molecular formula is C17H22N2O2. The Kier molecular flexibility index (Phi) is 5.14. The van der Waals surface area contributed by atoms with Crippen molar-refractivity contribution in [1.29, 1.82) is 0 Å². The summed E-state index contributed by atoms with van der Waals surface area (Å²) >= 11 is 0. The van der Waals surface area contributed by atoms with E-state index in [0.29, 0.717) is 17.3 Å². The van der Waals surface area contributed by atoms with Crippen LogP contribution in [0, 0.1) is 6.92 Å². The highest BCUT2D eigenvalue weighted by molar-refractivity contribution is 5.93. The number of carbonyl (C=O) groups is 1. The second-order valence-electron chi connectivity index (χ2n) is 5.08. The first-order valence-corrected chi connectivity index (χ1v) is 7.49. The molecule has 0 saturated heterocycles. The highest BCUT2D eigenvalue weighted by atomic mass is 16.4. The molecule has 0 N–H and O–H groups in total. The van der Waals surface area contributed by atoms with E-state index >= 15 is 0 Å². The molecule has 1 aromatic heterocycles. The van der Waals surface area contributed by atoms with Crippen LogP contribution >= 0.6 is 0 Å². The molecule has 0 unspecified atom stereocenters. The smallest absolute Gasteiger partial charge is 0.276 e. The van der Waals surface area contributed by atoms with E-state index in [9.17, 15) is 4.79 Å². The molecular weight excluding hydrogens is 264 g/mol. The Bertz CT molecular complexity index is 584. The van der Waals surface area contributed by atoms with Gasteiger partial charge in [-0.1, -0.05) is 32.0 Å². The Labute approximate surface area is 125 Å². The summed E-state index contributed by atoms with van der Waals surface area (Å²) in [6.45, 7) is 7.43. The van der Waals surface area contributed by atoms with Gasteiger partial charge in [0, 0.05) is 18.7 Å². The van der Waals surface area contributed by atoms with Crippen LogP contribution < -0.4 is 0 Å². The summed E-state index contributed by atoms with van der Waals surface area (Å²) in [4.78, 5) is 18.8. The highest BCUT2D eigenvalue weighted by Gasteiger charge is 2.22. The molecule has 1 amide bonds. The van der Waals surface area contributed by atoms with Crippen molar-refractivity contribution in [2.45, 2.75) is 33.6 Å². The summed E-state index contributed by atoms with van der Waals surface area (Å²) in [6.07, 6.45) is 1.88. The Morgan fingerprint density at radius 3 is 2.33 bits per heavy atom. The number of nitrogens with zero attached hydrogens (tertiary/aromatic N) is 2. The van der Waals surface area contributed by atoms with Crippen molar-refractivity contribution >= 4 is 5.91 Å². The van der Waals surface area contributed by atoms with E-state index in [0.717, 1.165) is 31.5 Å². The van der Waals surface area contributed by atoms with Crippen LogP contribution in [0.15, 0.2) is 34.7 Å². The highest BCUT2D eigenvalue weighted by Crippen LogP contribution is 2.22. The van der Waals surface area contributed by atoms with Gasteiger partial charge in [-0.05, 0) is 31.9 Å². The average molecular weight is 286 g/mol. The molecule has 4 nitrogen and oxygen atoms in total. The standard InChI is InChI=1S/C17H22N2O2/c1-4-11-19(12-5-2)17(20)15-13(3)21-16(18-15)14-9-7-6-8-10-14/h6-10H,4-5,11-12H2,1-3H3. The van der Waals surface area contributed by atoms with Crippen molar-refractivity contribution in [3.63, 3.8) is 0 Å². The van der Waals surface area contributed by atoms with Gasteiger partial charge in [0.2, 0.25) is 5.89 Å². The Balaban J connectivity index is 2.28. The first kappa shape index (κ1) is 15.3. The van der Waals surface area contributed by atoms with Crippen molar-refractivity contribution in [3.05, 3.63) is 41.8 Å². The van der Waals surface area contributed by atoms with Crippen LogP contribution in [0.2, 0.25) is 0 Å². The van der Waals surface area contributed by atoms with Crippen LogP contribution in [0.1, 0.15) is 42.9 Å². The van der Waals surface area contributed by atoms with Crippen LogP contribution in [0.4, 0.5) is 0 Å². The van der Waals surface area contributed by atoms with E-state index in [2.05, 4.69) is 18.8 Å². The molecule has 0 aliphatic rings. The zero-order valence-corrected chi connectivity index (χ0v) is 12.9. The number of hydrogen-bond donors (Lipinski definition) is 0. The number of amides is 1. The van der Waals surface area contributed by atoms with Gasteiger partial charge in [-0.3, -0.25) is 4.79 Å². The van der Waals surface area contributed by atoms with Crippen LogP contribution in [-0.4, -0.2) is 28.9 Å². The third kappa shape index (κ3) is 3.51. The van der Waals surface area contributed by atoms with Crippen molar-refractivity contribution in [2.75, 3.05) is 13.1 Å². The van der Waals surface area contributed by atoms with E-state index in [1.807, 2.05) is 35.2 Å². The Morgan fingerprint density at radius 1 is 1.14 bits per heavy atom. The van der Waals surface area contributed by atoms with E-state index in [4.69, 9.17) is 4.42 Å². The summed E-state index contributed by atoms with van der Waals surface area (Å²) in [6, 6.07) is 9.65. The van der Waals surface area contributed by atoms with Crippen LogP contribution in [-0.2, 0) is 0 Å². The van der Waals surface area contributed by atoms with E-state index in [-0.39, 0.29) is 5.91 Å². The fourth-order valence-corrected chi connectivity index (χ4v) is 2.30. The minimum atomic E-state index is -0.0397. The molecule has 0 radical (unpaired) electrons. The third-order valence-corrected chi connectivity index (χ3v) is 3.29. The Hall–Kier alpha value is -2.10. The SMILES string of the molecule is CCCN(CCC)C(=O)c1nc(-c2ccccc2)oc1C. The second kappa shape index (κ2) is 7.07. The lowest BCUT2D eigenvalue weighted by atomic mass is 10.2. The maximum atomic E-state index is 12.6. The molecule has 0 aliphatic carbocycles. The maximum absolute atomic E-state index is 12.6. The van der Waals surface area contributed by atoms with Gasteiger partial charge in [0.25, 0.3) is 5.91 Å². The summed E-state index contributed by atoms with van der Waals surface area (Å²) < 4.78 is 5.67. The molecule has 21 heavy (non-hydrogen) atoms. The van der Waals surface area contributed by atoms with E-state index in [1.165, 1.54) is 0 Å². The monoisotopic (exact) mass is 286 g/mol. The molecule has 0 spiro atoms. The molecule has 0 aliphatic heterocycles. The second-order valence-corrected chi connectivity index (χ2v) is 5.08. The fraction of sp³-hybridized carbons (Fsp3) is 0.412. The first-order valence-electron chi connectivity index (χ1n) is 7.49. The fourth-order valence-electron chi connectivity index (χ4n) is 2.30. The van der Waals surface area contributed by atoms with Crippen LogP contribution in [0.25, 0.3) is 11.5 Å². The maximum Gasteiger partial charge on any atom is 0.276 e. The topological polar surface area (TPSA) is 46.3 Å². The largest absolute Gasteiger partial charge is 0.441 e. The summed E-state index contributed by atoms with van der Waals surface area (Å²) in [5, 5.41) is 0. The molecule has 0 atom stereocenters. The molecule has 2 aromatic rings. The number of aryl methyl sites for hydroxylation is 1. The first-order chi connectivity index (χ1) is 10.2. The predicted octanol–water partition coefficient (Wildman–Crippen LogP) is 3.91. The number of carbonyl (C=O) groups excluding carboxylic acids is 1. The number of benzene rings is 1. The van der Waals surface area contributed by atoms with Crippen molar-refractivity contribution < 1.29 is 9.21 Å². The van der Waals surface area contributed by atoms with E-state index < -0.39 is 0 Å². The normalized spacial score (nSPS) is 10.6. The van der Waals surface area contributed by atoms with Gasteiger partial charge in [-0.15, -0.1) is 0 Å². The molecule has 0 fully saturated rings. The van der Waals surface area contributed by atoms with Gasteiger partial charge in [0.15, 0.2) is 5.69 Å². The van der Waals surface area contributed by atoms with E-state index in [1.54, 1.807) is 6.92 Å². The molecule has 4 heteroatoms. The zero-order valence-electron chi connectivity index (χ0n) is 12.9. The molecule has 0 saturated carbocycles. The average Bonchev–Trinajstić information content (AvgIpc) is 2.89. The van der Waals surface area contributed by atoms with Gasteiger partial charge in [-0.2, -0.15) is 0 Å². The van der Waals surface area contributed by atoms with Gasteiger partial charge in [-0.25, -0.2) is 4.98 Å². The quantitative estimate of drug-likeness (QED) is 0.808. The van der Waals surface area contributed by atoms with Crippen molar-refractivity contribution in [1.82, 2.24) is 9.88 Å². The van der Waals surface area contributed by atoms with Gasteiger partial charge >= 0.3 is 0 Å². The molecule has 0 bridgehead atoms. The Morgan fingerprint density at radius 2 is 1.76 bits per heavy atom. The van der Waals surface area contributed by atoms with Crippen molar-refractivity contribution in [2.24, 2.45) is 0 Å². The van der Waals surface area contributed by atoms with Crippen LogP contribution in [0.5, 0.6) is 0 Å². The molecule has 1 heterocycles. The van der Waals surface area contributed by atoms with Gasteiger partial charge in [0.1, 0.15) is 5.76 Å². The minimum absolute atomic E-state index is 0.0397. The molecule has 2 rings (SSSR count). The lowest BCUT2D eigenvalue weighted by Crippen LogP contribution is -2.33. The van der Waals surface area contributed by atoms with Crippen molar-refractivity contribution in [3.8, 4) is 11.5 Å². The summed E-state index contributed by atoms with van der Waals surface area (Å²) in [7, 11) is 0. The summed E-state index contributed by atoms with van der Waals surface area (Å²) in [5.41, 5.74) is 1.31. The molecule has 112 valence electrons. The number of aromatic nitrogens is 1. The summed E-state index contributed by atoms with van der Waals surface area (Å²) in [5.74, 6) is 1.04. The number of oxazole rings is 1. The van der Waals surface area contributed by atoms with Crippen LogP contribution in [0.3, 0.4) is 0 Å². The lowest BCUT2D eigenvalue weighted by molar-refractivity contribution is 0.0748. The van der Waals surface area contributed by atoms with Gasteiger partial charge < -0.3 is 9.32 Å². The number of rotatable bonds is 6. The van der Waals surface area contributed by atoms with Gasteiger partial charge in [0.05, 0.1) is 0 Å². The third-order valence-electron chi connectivity index (χ3n) is 3.29. The number of hydrogen-bond acceptors (Lipinski definition) is 3. The predicted molar refractivity (Wildman–Crippen MR) is 83.2 cm³/mol. The zero-order chi connectivity index (χ0) is 15.2. The molecule has 1 aromatic carbocycles.